The van der Waals surface area contributed by atoms with Crippen LogP contribution in [0.2, 0.25) is 0 Å². The number of rotatable bonds is 1. The van der Waals surface area contributed by atoms with Gasteiger partial charge >= 0.3 is 6.09 Å². The topological polar surface area (TPSA) is 58.6 Å². The summed E-state index contributed by atoms with van der Waals surface area (Å²) < 4.78 is 4.81. The van der Waals surface area contributed by atoms with E-state index in [1.807, 2.05) is 25.1 Å². The van der Waals surface area contributed by atoms with E-state index in [4.69, 9.17) is 9.84 Å². The Morgan fingerprint density at radius 2 is 1.79 bits per heavy atom. The quantitative estimate of drug-likeness (QED) is 0.827. The zero-order chi connectivity index (χ0) is 14.1. The number of phenolic OH excluding ortho intramolecular Hbond substituents is 1. The number of nitrogens with one attached hydrogen (secondary N) is 1. The molecule has 0 fully saturated rings. The summed E-state index contributed by atoms with van der Waals surface area (Å²) in [5, 5.41) is 11.2. The van der Waals surface area contributed by atoms with Crippen LogP contribution in [-0.4, -0.2) is 18.2 Å². The Morgan fingerprint density at radius 1 is 1.11 bits per heavy atom. The van der Waals surface area contributed by atoms with Gasteiger partial charge in [0.1, 0.15) is 11.5 Å². The summed E-state index contributed by atoms with van der Waals surface area (Å²) in [5.74, 6) is 0.886. The molecule has 0 bridgehead atoms. The summed E-state index contributed by atoms with van der Waals surface area (Å²) >= 11 is 0. The predicted octanol–water partition coefficient (Wildman–Crippen LogP) is 3.11. The van der Waals surface area contributed by atoms with Gasteiger partial charge in [0.05, 0.1) is 0 Å². The van der Waals surface area contributed by atoms with Gasteiger partial charge in [-0.2, -0.15) is 0 Å². The molecule has 2 aromatic carbocycles. The van der Waals surface area contributed by atoms with Crippen LogP contribution in [0.25, 0.3) is 0 Å². The molecule has 2 rings (SSSR count). The highest BCUT2D eigenvalue weighted by atomic mass is 16.5. The van der Waals surface area contributed by atoms with Crippen molar-refractivity contribution in [3.05, 3.63) is 60.2 Å². The standard InChI is InChI=1S/C8H9NO2.C7H8O/c1-9-8(10)11-7-5-3-2-4-6-7;1-6-3-2-4-7(8)5-6/h2-6H,1H3,(H,9,10);2-5,8H,1H3. The third kappa shape index (κ3) is 6.12. The molecule has 100 valence electrons. The molecule has 0 saturated carbocycles. The van der Waals surface area contributed by atoms with Crippen LogP contribution in [-0.2, 0) is 0 Å². The molecule has 0 aliphatic heterocycles. The maximum Gasteiger partial charge on any atom is 0.412 e. The summed E-state index contributed by atoms with van der Waals surface area (Å²) in [6, 6.07) is 16.1. The average Bonchev–Trinajstić information content (AvgIpc) is 2.40. The van der Waals surface area contributed by atoms with Gasteiger partial charge in [-0.25, -0.2) is 4.79 Å². The van der Waals surface area contributed by atoms with Crippen LogP contribution in [0.15, 0.2) is 54.6 Å². The van der Waals surface area contributed by atoms with Crippen LogP contribution in [0.4, 0.5) is 4.79 Å². The molecule has 0 spiro atoms. The van der Waals surface area contributed by atoms with Crippen LogP contribution in [0.3, 0.4) is 0 Å². The Morgan fingerprint density at radius 3 is 2.26 bits per heavy atom. The molecule has 0 aliphatic carbocycles. The predicted molar refractivity (Wildman–Crippen MR) is 74.4 cm³/mol. The maximum absolute atomic E-state index is 10.6. The zero-order valence-electron chi connectivity index (χ0n) is 11.0. The van der Waals surface area contributed by atoms with Crippen molar-refractivity contribution in [1.29, 1.82) is 0 Å². The van der Waals surface area contributed by atoms with Crippen molar-refractivity contribution in [2.75, 3.05) is 7.05 Å². The van der Waals surface area contributed by atoms with Crippen molar-refractivity contribution >= 4 is 6.09 Å². The van der Waals surface area contributed by atoms with Crippen molar-refractivity contribution in [1.82, 2.24) is 5.32 Å². The van der Waals surface area contributed by atoms with Crippen molar-refractivity contribution in [2.45, 2.75) is 6.92 Å². The molecule has 2 N–H and O–H groups in total. The fourth-order valence-electron chi connectivity index (χ4n) is 1.27. The summed E-state index contributed by atoms with van der Waals surface area (Å²) in [6.07, 6.45) is -0.448. The Hall–Kier alpha value is -2.49. The number of carbonyl (C=O) groups excluding carboxylic acids is 1. The highest BCUT2D eigenvalue weighted by Gasteiger charge is 1.97. The minimum Gasteiger partial charge on any atom is -0.508 e. The van der Waals surface area contributed by atoms with Crippen molar-refractivity contribution in [2.24, 2.45) is 0 Å². The summed E-state index contributed by atoms with van der Waals surface area (Å²) in [7, 11) is 1.52. The molecule has 2 aromatic rings. The van der Waals surface area contributed by atoms with E-state index in [1.54, 1.807) is 36.4 Å². The lowest BCUT2D eigenvalue weighted by molar-refractivity contribution is 0.203. The number of carbonyl (C=O) groups is 1. The van der Waals surface area contributed by atoms with E-state index < -0.39 is 6.09 Å². The average molecular weight is 259 g/mol. The maximum atomic E-state index is 10.6. The van der Waals surface area contributed by atoms with E-state index in [0.717, 1.165) is 5.56 Å². The normalized spacial score (nSPS) is 8.95. The lowest BCUT2D eigenvalue weighted by atomic mass is 10.2. The number of amides is 1. The van der Waals surface area contributed by atoms with Crippen molar-refractivity contribution in [3.63, 3.8) is 0 Å². The Labute approximate surface area is 112 Å². The lowest BCUT2D eigenvalue weighted by Gasteiger charge is -2.00. The highest BCUT2D eigenvalue weighted by Crippen LogP contribution is 2.08. The molecule has 4 heteroatoms. The van der Waals surface area contributed by atoms with Gasteiger partial charge in [-0.3, -0.25) is 0 Å². The van der Waals surface area contributed by atoms with E-state index >= 15 is 0 Å². The number of aryl methyl sites for hydroxylation is 1. The summed E-state index contributed by atoms with van der Waals surface area (Å²) in [5.41, 5.74) is 1.09. The lowest BCUT2D eigenvalue weighted by Crippen LogP contribution is -2.21. The molecule has 0 radical (unpaired) electrons. The third-order valence-corrected chi connectivity index (χ3v) is 2.16. The van der Waals surface area contributed by atoms with Gasteiger partial charge in [-0.1, -0.05) is 30.3 Å². The van der Waals surface area contributed by atoms with Gasteiger partial charge in [-0.15, -0.1) is 0 Å². The molecule has 0 heterocycles. The van der Waals surface area contributed by atoms with E-state index in [2.05, 4.69) is 5.32 Å². The molecule has 0 aliphatic rings. The van der Waals surface area contributed by atoms with Gasteiger partial charge in [-0.05, 0) is 36.8 Å². The smallest absolute Gasteiger partial charge is 0.412 e. The first kappa shape index (κ1) is 14.6. The summed E-state index contributed by atoms with van der Waals surface area (Å²) in [6.45, 7) is 1.94. The van der Waals surface area contributed by atoms with E-state index in [0.29, 0.717) is 11.5 Å². The SMILES string of the molecule is CNC(=O)Oc1ccccc1.Cc1cccc(O)c1. The molecule has 0 unspecified atom stereocenters. The number of phenols is 1. The second-order valence-electron chi connectivity index (χ2n) is 3.79. The van der Waals surface area contributed by atoms with E-state index in [1.165, 1.54) is 7.05 Å². The van der Waals surface area contributed by atoms with Gasteiger partial charge in [0.25, 0.3) is 0 Å². The minimum atomic E-state index is -0.448. The van der Waals surface area contributed by atoms with Crippen molar-refractivity contribution < 1.29 is 14.6 Å². The van der Waals surface area contributed by atoms with Crippen LogP contribution in [0.1, 0.15) is 5.56 Å². The number of para-hydroxylation sites is 1. The first-order chi connectivity index (χ1) is 9.11. The molecule has 1 amide bonds. The van der Waals surface area contributed by atoms with Crippen LogP contribution >= 0.6 is 0 Å². The monoisotopic (exact) mass is 259 g/mol. The van der Waals surface area contributed by atoms with E-state index in [-0.39, 0.29) is 0 Å². The van der Waals surface area contributed by atoms with Crippen LogP contribution < -0.4 is 10.1 Å². The summed E-state index contributed by atoms with van der Waals surface area (Å²) in [4.78, 5) is 10.6. The number of aromatic hydroxyl groups is 1. The molecule has 0 saturated heterocycles. The minimum absolute atomic E-state index is 0.338. The first-order valence-electron chi connectivity index (χ1n) is 5.82. The number of hydrogen-bond donors (Lipinski definition) is 2. The van der Waals surface area contributed by atoms with E-state index in [9.17, 15) is 4.79 Å². The van der Waals surface area contributed by atoms with Crippen molar-refractivity contribution in [3.8, 4) is 11.5 Å². The van der Waals surface area contributed by atoms with Gasteiger partial charge in [0.2, 0.25) is 0 Å². The highest BCUT2D eigenvalue weighted by molar-refractivity contribution is 5.69. The van der Waals surface area contributed by atoms with Gasteiger partial charge < -0.3 is 15.2 Å². The zero-order valence-corrected chi connectivity index (χ0v) is 11.0. The fraction of sp³-hybridized carbons (Fsp3) is 0.133. The van der Waals surface area contributed by atoms with Gasteiger partial charge in [0, 0.05) is 7.05 Å². The number of hydrogen-bond acceptors (Lipinski definition) is 3. The Kier molecular flexibility index (Phi) is 5.95. The molecule has 0 atom stereocenters. The van der Waals surface area contributed by atoms with Crippen LogP contribution in [0, 0.1) is 6.92 Å². The first-order valence-corrected chi connectivity index (χ1v) is 5.82. The Bertz CT molecular complexity index is 495. The third-order valence-electron chi connectivity index (χ3n) is 2.16. The molecule has 0 aromatic heterocycles. The number of benzene rings is 2. The molecule has 19 heavy (non-hydrogen) atoms. The largest absolute Gasteiger partial charge is 0.508 e. The fourth-order valence-corrected chi connectivity index (χ4v) is 1.27. The second-order valence-corrected chi connectivity index (χ2v) is 3.79. The molecule has 4 nitrogen and oxygen atoms in total. The van der Waals surface area contributed by atoms with Crippen LogP contribution in [0.5, 0.6) is 11.5 Å². The van der Waals surface area contributed by atoms with Gasteiger partial charge in [0.15, 0.2) is 0 Å². The number of ether oxygens (including phenoxy) is 1. The second kappa shape index (κ2) is 7.76. The molecular formula is C15H17NO3. The Balaban J connectivity index is 0.000000200. The molecular weight excluding hydrogens is 242 g/mol.